The van der Waals surface area contributed by atoms with Gasteiger partial charge in [-0.25, -0.2) is 0 Å². The summed E-state index contributed by atoms with van der Waals surface area (Å²) in [4.78, 5) is 14.8. The molecule has 0 radical (unpaired) electrons. The van der Waals surface area contributed by atoms with Gasteiger partial charge in [0, 0.05) is 29.7 Å². The van der Waals surface area contributed by atoms with Crippen LogP contribution in [-0.4, -0.2) is 29.9 Å². The summed E-state index contributed by atoms with van der Waals surface area (Å²) in [5.74, 6) is 0.987. The number of carbonyl (C=O) groups excluding carboxylic acids is 1. The van der Waals surface area contributed by atoms with Gasteiger partial charge in [-0.3, -0.25) is 9.69 Å². The number of benzene rings is 1. The highest BCUT2D eigenvalue weighted by atomic mass is 35.5. The molecule has 128 valence electrons. The van der Waals surface area contributed by atoms with E-state index in [-0.39, 0.29) is 18.3 Å². The van der Waals surface area contributed by atoms with Crippen LogP contribution in [0.2, 0.25) is 5.02 Å². The van der Waals surface area contributed by atoms with Crippen LogP contribution in [0.15, 0.2) is 18.2 Å². The quantitative estimate of drug-likeness (QED) is 0.850. The number of aryl methyl sites for hydroxylation is 1. The topological polar surface area (TPSA) is 32.3 Å². The number of rotatable bonds is 4. The predicted octanol–water partition coefficient (Wildman–Crippen LogP) is 4.66. The van der Waals surface area contributed by atoms with Crippen molar-refractivity contribution in [1.82, 2.24) is 4.90 Å². The van der Waals surface area contributed by atoms with Crippen LogP contribution < -0.4 is 5.32 Å². The molecule has 0 bridgehead atoms. The molecule has 1 aliphatic heterocycles. The first kappa shape index (κ1) is 18.6. The minimum atomic E-state index is 0. The van der Waals surface area contributed by atoms with Gasteiger partial charge in [0.05, 0.1) is 0 Å². The standard InChI is InChI=1S/C18H25ClN2O.ClH/c1-13-12-15(19)7-8-16(13)20-18(22)9-11-21-10-3-5-14-4-2-6-17(14)21;/h7-8,12,14,17H,2-6,9-11H2,1H3,(H,20,22);1H. The summed E-state index contributed by atoms with van der Waals surface area (Å²) in [6.07, 6.45) is 7.32. The molecule has 2 unspecified atom stereocenters. The van der Waals surface area contributed by atoms with Crippen molar-refractivity contribution in [2.75, 3.05) is 18.4 Å². The SMILES string of the molecule is Cc1cc(Cl)ccc1NC(=O)CCN1CCCC2CCCC21.Cl. The van der Waals surface area contributed by atoms with Gasteiger partial charge in [-0.1, -0.05) is 18.0 Å². The highest BCUT2D eigenvalue weighted by Crippen LogP contribution is 2.36. The number of halogens is 2. The van der Waals surface area contributed by atoms with E-state index in [2.05, 4.69) is 10.2 Å². The fourth-order valence-electron chi connectivity index (χ4n) is 4.06. The second-order valence-electron chi connectivity index (χ2n) is 6.69. The van der Waals surface area contributed by atoms with Crippen molar-refractivity contribution in [2.24, 2.45) is 5.92 Å². The molecular formula is C18H26Cl2N2O. The Morgan fingerprint density at radius 2 is 2.09 bits per heavy atom. The van der Waals surface area contributed by atoms with E-state index in [0.29, 0.717) is 11.4 Å². The van der Waals surface area contributed by atoms with E-state index in [0.717, 1.165) is 36.3 Å². The summed E-state index contributed by atoms with van der Waals surface area (Å²) in [7, 11) is 0. The van der Waals surface area contributed by atoms with Gasteiger partial charge < -0.3 is 5.32 Å². The van der Waals surface area contributed by atoms with Crippen molar-refractivity contribution in [3.8, 4) is 0 Å². The van der Waals surface area contributed by atoms with Gasteiger partial charge in [0.15, 0.2) is 0 Å². The second-order valence-corrected chi connectivity index (χ2v) is 7.13. The fourth-order valence-corrected chi connectivity index (χ4v) is 4.29. The molecule has 1 aromatic carbocycles. The summed E-state index contributed by atoms with van der Waals surface area (Å²) in [6.45, 7) is 4.02. The van der Waals surface area contributed by atoms with E-state index in [9.17, 15) is 4.79 Å². The molecule has 2 fully saturated rings. The van der Waals surface area contributed by atoms with Crippen molar-refractivity contribution in [2.45, 2.75) is 51.5 Å². The monoisotopic (exact) mass is 356 g/mol. The smallest absolute Gasteiger partial charge is 0.225 e. The van der Waals surface area contributed by atoms with Gasteiger partial charge in [0.2, 0.25) is 5.91 Å². The number of hydrogen-bond acceptors (Lipinski definition) is 2. The van der Waals surface area contributed by atoms with Crippen molar-refractivity contribution < 1.29 is 4.79 Å². The van der Waals surface area contributed by atoms with E-state index in [1.165, 1.54) is 32.1 Å². The number of carbonyl (C=O) groups is 1. The third-order valence-electron chi connectivity index (χ3n) is 5.20. The molecule has 1 saturated heterocycles. The van der Waals surface area contributed by atoms with Crippen molar-refractivity contribution in [3.05, 3.63) is 28.8 Å². The molecule has 5 heteroatoms. The number of fused-ring (bicyclic) bond motifs is 1. The predicted molar refractivity (Wildman–Crippen MR) is 98.6 cm³/mol. The third kappa shape index (κ3) is 4.62. The minimum Gasteiger partial charge on any atom is -0.326 e. The number of likely N-dealkylation sites (tertiary alicyclic amines) is 1. The lowest BCUT2D eigenvalue weighted by Gasteiger charge is -2.37. The Kier molecular flexibility index (Phi) is 6.75. The maximum atomic E-state index is 12.2. The first-order valence-electron chi connectivity index (χ1n) is 8.43. The molecule has 1 aliphatic carbocycles. The van der Waals surface area contributed by atoms with Crippen molar-refractivity contribution >= 4 is 35.6 Å². The van der Waals surface area contributed by atoms with Crippen LogP contribution in [0.5, 0.6) is 0 Å². The molecule has 1 saturated carbocycles. The molecule has 1 N–H and O–H groups in total. The Morgan fingerprint density at radius 3 is 2.87 bits per heavy atom. The largest absolute Gasteiger partial charge is 0.326 e. The lowest BCUT2D eigenvalue weighted by Crippen LogP contribution is -2.43. The summed E-state index contributed by atoms with van der Waals surface area (Å²) in [5.41, 5.74) is 1.88. The summed E-state index contributed by atoms with van der Waals surface area (Å²) < 4.78 is 0. The van der Waals surface area contributed by atoms with E-state index < -0.39 is 0 Å². The molecule has 2 aliphatic rings. The average molecular weight is 357 g/mol. The van der Waals surface area contributed by atoms with Crippen LogP contribution in [0.4, 0.5) is 5.69 Å². The highest BCUT2D eigenvalue weighted by molar-refractivity contribution is 6.30. The number of nitrogens with zero attached hydrogens (tertiary/aromatic N) is 1. The zero-order valence-corrected chi connectivity index (χ0v) is 15.3. The molecule has 2 atom stereocenters. The maximum Gasteiger partial charge on any atom is 0.225 e. The Labute approximate surface area is 150 Å². The fraction of sp³-hybridized carbons (Fsp3) is 0.611. The first-order valence-corrected chi connectivity index (χ1v) is 8.81. The number of nitrogens with one attached hydrogen (secondary N) is 1. The van der Waals surface area contributed by atoms with Gasteiger partial charge in [0.25, 0.3) is 0 Å². The number of piperidine rings is 1. The second kappa shape index (κ2) is 8.36. The first-order chi connectivity index (χ1) is 10.6. The minimum absolute atomic E-state index is 0. The normalized spacial score (nSPS) is 23.9. The van der Waals surface area contributed by atoms with Crippen molar-refractivity contribution in [3.63, 3.8) is 0 Å². The highest BCUT2D eigenvalue weighted by Gasteiger charge is 2.34. The Morgan fingerprint density at radius 1 is 1.30 bits per heavy atom. The lowest BCUT2D eigenvalue weighted by molar-refractivity contribution is -0.116. The van der Waals surface area contributed by atoms with Gasteiger partial charge >= 0.3 is 0 Å². The molecular weight excluding hydrogens is 331 g/mol. The molecule has 3 nitrogen and oxygen atoms in total. The van der Waals surface area contributed by atoms with Crippen LogP contribution in [0.1, 0.15) is 44.1 Å². The summed E-state index contributed by atoms with van der Waals surface area (Å²) in [6, 6.07) is 6.31. The molecule has 0 aromatic heterocycles. The van der Waals surface area contributed by atoms with E-state index in [1.54, 1.807) is 0 Å². The molecule has 3 rings (SSSR count). The van der Waals surface area contributed by atoms with Gasteiger partial charge in [-0.2, -0.15) is 0 Å². The van der Waals surface area contributed by atoms with E-state index in [4.69, 9.17) is 11.6 Å². The van der Waals surface area contributed by atoms with E-state index in [1.807, 2.05) is 25.1 Å². The van der Waals surface area contributed by atoms with Crippen LogP contribution in [-0.2, 0) is 4.79 Å². The number of anilines is 1. The van der Waals surface area contributed by atoms with Gasteiger partial charge in [0.1, 0.15) is 0 Å². The molecule has 1 aromatic rings. The van der Waals surface area contributed by atoms with Crippen LogP contribution in [0, 0.1) is 12.8 Å². The Hall–Kier alpha value is -0.770. The van der Waals surface area contributed by atoms with Crippen LogP contribution in [0.25, 0.3) is 0 Å². The maximum absolute atomic E-state index is 12.2. The Balaban J connectivity index is 0.00000192. The zero-order chi connectivity index (χ0) is 15.5. The number of amides is 1. The van der Waals surface area contributed by atoms with Gasteiger partial charge in [-0.05, 0) is 68.8 Å². The van der Waals surface area contributed by atoms with Crippen LogP contribution in [0.3, 0.4) is 0 Å². The molecule has 1 amide bonds. The third-order valence-corrected chi connectivity index (χ3v) is 5.43. The van der Waals surface area contributed by atoms with Gasteiger partial charge in [-0.15, -0.1) is 12.4 Å². The van der Waals surface area contributed by atoms with E-state index >= 15 is 0 Å². The average Bonchev–Trinajstić information content (AvgIpc) is 2.97. The van der Waals surface area contributed by atoms with Crippen LogP contribution >= 0.6 is 24.0 Å². The molecule has 0 spiro atoms. The molecule has 1 heterocycles. The summed E-state index contributed by atoms with van der Waals surface area (Å²) >= 11 is 5.95. The van der Waals surface area contributed by atoms with Crippen molar-refractivity contribution in [1.29, 1.82) is 0 Å². The molecule has 23 heavy (non-hydrogen) atoms. The lowest BCUT2D eigenvalue weighted by atomic mass is 9.92. The Bertz CT molecular complexity index is 550. The number of hydrogen-bond donors (Lipinski definition) is 1. The zero-order valence-electron chi connectivity index (χ0n) is 13.7. The summed E-state index contributed by atoms with van der Waals surface area (Å²) in [5, 5.41) is 3.72.